The molecule has 2 rings (SSSR count). The first kappa shape index (κ1) is 13.1. The van der Waals surface area contributed by atoms with E-state index in [9.17, 15) is 0 Å². The third-order valence-electron chi connectivity index (χ3n) is 3.50. The zero-order chi connectivity index (χ0) is 14.2. The molecule has 2 aromatic rings. The summed E-state index contributed by atoms with van der Waals surface area (Å²) in [6.07, 6.45) is 0. The lowest BCUT2D eigenvalue weighted by Crippen LogP contribution is -2.22. The topological polar surface area (TPSA) is 104 Å². The smallest absolute Gasteiger partial charge is 0.0376 e. The van der Waals surface area contributed by atoms with Gasteiger partial charge in [0.15, 0.2) is 0 Å². The van der Waals surface area contributed by atoms with Crippen LogP contribution in [0.1, 0.15) is 25.0 Å². The van der Waals surface area contributed by atoms with E-state index < -0.39 is 0 Å². The quantitative estimate of drug-likeness (QED) is 0.619. The van der Waals surface area contributed by atoms with Gasteiger partial charge in [-0.2, -0.15) is 0 Å². The molecule has 0 aromatic heterocycles. The predicted octanol–water partition coefficient (Wildman–Crippen LogP) is 2.34. The second-order valence-electron chi connectivity index (χ2n) is 5.32. The van der Waals surface area contributed by atoms with Gasteiger partial charge >= 0.3 is 0 Å². The van der Waals surface area contributed by atoms with Crippen molar-refractivity contribution < 1.29 is 0 Å². The van der Waals surface area contributed by atoms with Crippen LogP contribution in [0.25, 0.3) is 0 Å². The van der Waals surface area contributed by atoms with Gasteiger partial charge in [0.25, 0.3) is 0 Å². The van der Waals surface area contributed by atoms with E-state index in [-0.39, 0.29) is 5.41 Å². The molecular formula is C15H20N4. The van der Waals surface area contributed by atoms with Crippen LogP contribution in [-0.2, 0) is 5.41 Å². The molecule has 0 bridgehead atoms. The third-order valence-corrected chi connectivity index (χ3v) is 3.50. The van der Waals surface area contributed by atoms with E-state index in [1.807, 2.05) is 24.3 Å². The van der Waals surface area contributed by atoms with Crippen molar-refractivity contribution in [3.8, 4) is 0 Å². The maximum Gasteiger partial charge on any atom is 0.0376 e. The fourth-order valence-corrected chi connectivity index (χ4v) is 2.45. The van der Waals surface area contributed by atoms with Gasteiger partial charge in [0.05, 0.1) is 0 Å². The second-order valence-corrected chi connectivity index (χ2v) is 5.32. The van der Waals surface area contributed by atoms with Gasteiger partial charge in [-0.25, -0.2) is 0 Å². The Morgan fingerprint density at radius 2 is 1.05 bits per heavy atom. The number of rotatable bonds is 2. The molecule has 4 heteroatoms. The summed E-state index contributed by atoms with van der Waals surface area (Å²) in [6.45, 7) is 4.16. The maximum absolute atomic E-state index is 6.08. The fraction of sp³-hybridized carbons (Fsp3) is 0.200. The van der Waals surface area contributed by atoms with Crippen molar-refractivity contribution >= 4 is 22.7 Å². The molecule has 0 saturated heterocycles. The molecule has 0 aliphatic rings. The van der Waals surface area contributed by atoms with Gasteiger partial charge in [-0.15, -0.1) is 0 Å². The number of hydrogen-bond acceptors (Lipinski definition) is 4. The minimum absolute atomic E-state index is 0.310. The van der Waals surface area contributed by atoms with Gasteiger partial charge in [-0.1, -0.05) is 26.0 Å². The van der Waals surface area contributed by atoms with Crippen molar-refractivity contribution in [2.75, 3.05) is 22.9 Å². The van der Waals surface area contributed by atoms with Gasteiger partial charge in [0, 0.05) is 28.2 Å². The van der Waals surface area contributed by atoms with Crippen LogP contribution in [0.15, 0.2) is 36.4 Å². The van der Waals surface area contributed by atoms with E-state index >= 15 is 0 Å². The number of hydrogen-bond donors (Lipinski definition) is 4. The average molecular weight is 256 g/mol. The van der Waals surface area contributed by atoms with Crippen molar-refractivity contribution in [3.63, 3.8) is 0 Å². The van der Waals surface area contributed by atoms with Crippen LogP contribution in [0.4, 0.5) is 22.7 Å². The minimum atomic E-state index is -0.310. The molecule has 0 radical (unpaired) electrons. The maximum atomic E-state index is 6.08. The zero-order valence-electron chi connectivity index (χ0n) is 11.3. The summed E-state index contributed by atoms with van der Waals surface area (Å²) in [5.74, 6) is 0. The Labute approximate surface area is 113 Å². The van der Waals surface area contributed by atoms with Crippen molar-refractivity contribution in [1.82, 2.24) is 0 Å². The normalized spacial score (nSPS) is 11.5. The molecule has 0 aliphatic heterocycles. The summed E-state index contributed by atoms with van der Waals surface area (Å²) in [6, 6.07) is 11.1. The number of benzene rings is 2. The highest BCUT2D eigenvalue weighted by molar-refractivity contribution is 5.66. The second kappa shape index (κ2) is 4.39. The molecule has 0 heterocycles. The Morgan fingerprint density at radius 3 is 1.37 bits per heavy atom. The summed E-state index contributed by atoms with van der Waals surface area (Å²) >= 11 is 0. The molecule has 0 aliphatic carbocycles. The van der Waals surface area contributed by atoms with Crippen LogP contribution in [0, 0.1) is 0 Å². The lowest BCUT2D eigenvalue weighted by Gasteiger charge is -2.29. The first-order valence-electron chi connectivity index (χ1n) is 6.13. The molecule has 100 valence electrons. The SMILES string of the molecule is CC(C)(c1ccc(N)cc1N)c1ccc(N)cc1N. The van der Waals surface area contributed by atoms with E-state index in [1.54, 1.807) is 12.1 Å². The fourth-order valence-electron chi connectivity index (χ4n) is 2.45. The molecule has 0 fully saturated rings. The Morgan fingerprint density at radius 1 is 0.684 bits per heavy atom. The van der Waals surface area contributed by atoms with E-state index in [2.05, 4.69) is 13.8 Å². The van der Waals surface area contributed by atoms with Crippen molar-refractivity contribution in [3.05, 3.63) is 47.5 Å². The Kier molecular flexibility index (Phi) is 3.02. The standard InChI is InChI=1S/C15H20N4/c1-15(2,11-5-3-9(16)7-13(11)18)12-6-4-10(17)8-14(12)19/h3-8H,16-19H2,1-2H3. The van der Waals surface area contributed by atoms with E-state index in [0.29, 0.717) is 22.7 Å². The first-order chi connectivity index (χ1) is 8.82. The zero-order valence-corrected chi connectivity index (χ0v) is 11.3. The van der Waals surface area contributed by atoms with Crippen LogP contribution in [0.2, 0.25) is 0 Å². The van der Waals surface area contributed by atoms with Gasteiger partial charge in [-0.05, 0) is 35.4 Å². The average Bonchev–Trinajstić information content (AvgIpc) is 2.27. The van der Waals surface area contributed by atoms with Crippen molar-refractivity contribution in [2.45, 2.75) is 19.3 Å². The Bertz CT molecular complexity index is 564. The largest absolute Gasteiger partial charge is 0.399 e. The van der Waals surface area contributed by atoms with Crippen molar-refractivity contribution in [2.24, 2.45) is 0 Å². The van der Waals surface area contributed by atoms with Crippen LogP contribution in [0.5, 0.6) is 0 Å². The molecule has 19 heavy (non-hydrogen) atoms. The summed E-state index contributed by atoms with van der Waals surface area (Å²) in [4.78, 5) is 0. The number of nitrogens with two attached hydrogens (primary N) is 4. The van der Waals surface area contributed by atoms with Crippen LogP contribution in [0.3, 0.4) is 0 Å². The highest BCUT2D eigenvalue weighted by atomic mass is 14.6. The van der Waals surface area contributed by atoms with Gasteiger partial charge in [0.1, 0.15) is 0 Å². The lowest BCUT2D eigenvalue weighted by molar-refractivity contribution is 0.646. The molecule has 0 amide bonds. The number of anilines is 4. The summed E-state index contributed by atoms with van der Waals surface area (Å²) < 4.78 is 0. The molecular weight excluding hydrogens is 236 g/mol. The molecule has 0 atom stereocenters. The minimum Gasteiger partial charge on any atom is -0.399 e. The van der Waals surface area contributed by atoms with E-state index in [1.165, 1.54) is 0 Å². The molecule has 0 saturated carbocycles. The lowest BCUT2D eigenvalue weighted by atomic mass is 9.76. The molecule has 0 unspecified atom stereocenters. The Balaban J connectivity index is 2.58. The summed E-state index contributed by atoms with van der Waals surface area (Å²) in [5, 5.41) is 0. The van der Waals surface area contributed by atoms with Crippen molar-refractivity contribution in [1.29, 1.82) is 0 Å². The van der Waals surface area contributed by atoms with E-state index in [4.69, 9.17) is 22.9 Å². The molecule has 0 spiro atoms. The van der Waals surface area contributed by atoms with Crippen LogP contribution < -0.4 is 22.9 Å². The van der Waals surface area contributed by atoms with Crippen LogP contribution >= 0.6 is 0 Å². The highest BCUT2D eigenvalue weighted by Crippen LogP contribution is 2.38. The van der Waals surface area contributed by atoms with E-state index in [0.717, 1.165) is 11.1 Å². The Hall–Kier alpha value is -2.36. The number of nitrogen functional groups attached to an aromatic ring is 4. The monoisotopic (exact) mass is 256 g/mol. The predicted molar refractivity (Wildman–Crippen MR) is 82.7 cm³/mol. The molecule has 2 aromatic carbocycles. The van der Waals surface area contributed by atoms with Gasteiger partial charge in [0.2, 0.25) is 0 Å². The molecule has 4 nitrogen and oxygen atoms in total. The third kappa shape index (κ3) is 2.29. The first-order valence-corrected chi connectivity index (χ1v) is 6.13. The molecule has 8 N–H and O–H groups in total. The van der Waals surface area contributed by atoms with Crippen LogP contribution in [-0.4, -0.2) is 0 Å². The summed E-state index contributed by atoms with van der Waals surface area (Å²) in [5.41, 5.74) is 28.0. The van der Waals surface area contributed by atoms with Gasteiger partial charge in [-0.3, -0.25) is 0 Å². The van der Waals surface area contributed by atoms with Gasteiger partial charge < -0.3 is 22.9 Å². The summed E-state index contributed by atoms with van der Waals surface area (Å²) in [7, 11) is 0. The highest BCUT2D eigenvalue weighted by Gasteiger charge is 2.27.